The van der Waals surface area contributed by atoms with Gasteiger partial charge in [0.25, 0.3) is 0 Å². The van der Waals surface area contributed by atoms with Crippen LogP contribution >= 0.6 is 34.9 Å². The van der Waals surface area contributed by atoms with Crippen LogP contribution in [-0.4, -0.2) is 55.4 Å². The molecule has 1 N–H and O–H groups in total. The fraction of sp³-hybridized carbons (Fsp3) is 0.429. The second kappa shape index (κ2) is 9.28. The SMILES string of the molecule is Clc1nc(N2CCCC(NSc3cccs3)C2)c2ccc(N3CCOCC3)cc2n1. The number of rotatable bonds is 5. The number of aromatic nitrogens is 2. The molecule has 1 aromatic carbocycles. The lowest BCUT2D eigenvalue weighted by atomic mass is 10.1. The van der Waals surface area contributed by atoms with Gasteiger partial charge in [0, 0.05) is 43.3 Å². The van der Waals surface area contributed by atoms with Crippen LogP contribution in [0, 0.1) is 0 Å². The number of hydrogen-bond donors (Lipinski definition) is 1. The zero-order chi connectivity index (χ0) is 20.3. The van der Waals surface area contributed by atoms with Crippen molar-refractivity contribution in [1.29, 1.82) is 0 Å². The summed E-state index contributed by atoms with van der Waals surface area (Å²) < 4.78 is 10.4. The highest BCUT2D eigenvalue weighted by Gasteiger charge is 2.24. The van der Waals surface area contributed by atoms with Gasteiger partial charge in [-0.2, -0.15) is 4.98 Å². The summed E-state index contributed by atoms with van der Waals surface area (Å²) in [5, 5.41) is 3.47. The minimum atomic E-state index is 0.305. The van der Waals surface area contributed by atoms with E-state index in [1.165, 1.54) is 4.21 Å². The molecule has 2 saturated heterocycles. The lowest BCUT2D eigenvalue weighted by molar-refractivity contribution is 0.122. The number of halogens is 1. The third-order valence-electron chi connectivity index (χ3n) is 5.55. The number of benzene rings is 1. The van der Waals surface area contributed by atoms with Crippen molar-refractivity contribution in [2.45, 2.75) is 23.1 Å². The predicted octanol–water partition coefficient (Wildman–Crippen LogP) is 4.45. The Morgan fingerprint density at radius 1 is 1.13 bits per heavy atom. The highest BCUT2D eigenvalue weighted by atomic mass is 35.5. The largest absolute Gasteiger partial charge is 0.378 e. The van der Waals surface area contributed by atoms with E-state index in [1.807, 2.05) is 0 Å². The van der Waals surface area contributed by atoms with Crippen LogP contribution in [0.3, 0.4) is 0 Å². The zero-order valence-electron chi connectivity index (χ0n) is 16.6. The summed E-state index contributed by atoms with van der Waals surface area (Å²) in [6, 6.07) is 11.1. The van der Waals surface area contributed by atoms with Crippen LogP contribution in [0.15, 0.2) is 39.9 Å². The molecule has 158 valence electrons. The Hall–Kier alpha value is -1.58. The number of thiophene rings is 1. The van der Waals surface area contributed by atoms with E-state index in [2.05, 4.69) is 60.2 Å². The molecule has 0 bridgehead atoms. The van der Waals surface area contributed by atoms with Crippen molar-refractivity contribution in [3.63, 3.8) is 0 Å². The van der Waals surface area contributed by atoms with Crippen molar-refractivity contribution >= 4 is 57.3 Å². The van der Waals surface area contributed by atoms with E-state index < -0.39 is 0 Å². The molecule has 1 atom stereocenters. The maximum atomic E-state index is 6.35. The summed E-state index contributed by atoms with van der Waals surface area (Å²) in [6.07, 6.45) is 2.28. The summed E-state index contributed by atoms with van der Waals surface area (Å²) >= 11 is 9.83. The Morgan fingerprint density at radius 3 is 2.87 bits per heavy atom. The molecule has 0 saturated carbocycles. The molecular formula is C21H24ClN5OS2. The van der Waals surface area contributed by atoms with Gasteiger partial charge in [-0.05, 0) is 66.0 Å². The first-order valence-electron chi connectivity index (χ1n) is 10.3. The van der Waals surface area contributed by atoms with Crippen LogP contribution < -0.4 is 14.5 Å². The molecule has 0 spiro atoms. The Morgan fingerprint density at radius 2 is 2.03 bits per heavy atom. The van der Waals surface area contributed by atoms with E-state index in [-0.39, 0.29) is 0 Å². The molecule has 0 radical (unpaired) electrons. The van der Waals surface area contributed by atoms with E-state index in [1.54, 1.807) is 23.3 Å². The third-order valence-corrected chi connectivity index (χ3v) is 7.71. The quantitative estimate of drug-likeness (QED) is 0.445. The van der Waals surface area contributed by atoms with Crippen molar-refractivity contribution in [3.05, 3.63) is 41.0 Å². The number of morpholine rings is 1. The van der Waals surface area contributed by atoms with Crippen LogP contribution in [0.2, 0.25) is 5.28 Å². The number of nitrogens with zero attached hydrogens (tertiary/aromatic N) is 4. The highest BCUT2D eigenvalue weighted by molar-refractivity contribution is 7.99. The molecule has 0 aliphatic carbocycles. The van der Waals surface area contributed by atoms with Crippen molar-refractivity contribution in [2.24, 2.45) is 0 Å². The monoisotopic (exact) mass is 461 g/mol. The van der Waals surface area contributed by atoms with Crippen molar-refractivity contribution in [2.75, 3.05) is 49.2 Å². The summed E-state index contributed by atoms with van der Waals surface area (Å²) in [5.41, 5.74) is 2.06. The molecule has 30 heavy (non-hydrogen) atoms. The highest BCUT2D eigenvalue weighted by Crippen LogP contribution is 2.31. The van der Waals surface area contributed by atoms with Crippen molar-refractivity contribution in [1.82, 2.24) is 14.7 Å². The molecule has 4 heterocycles. The number of anilines is 2. The number of piperidine rings is 1. The van der Waals surface area contributed by atoms with E-state index >= 15 is 0 Å². The number of hydrogen-bond acceptors (Lipinski definition) is 8. The first-order valence-corrected chi connectivity index (χ1v) is 12.3. The molecule has 2 fully saturated rings. The molecule has 2 aromatic heterocycles. The van der Waals surface area contributed by atoms with E-state index in [0.29, 0.717) is 11.3 Å². The van der Waals surface area contributed by atoms with Gasteiger partial charge in [-0.25, -0.2) is 4.98 Å². The van der Waals surface area contributed by atoms with Crippen molar-refractivity contribution < 1.29 is 4.74 Å². The Balaban J connectivity index is 1.37. The molecule has 2 aliphatic rings. The molecular weight excluding hydrogens is 438 g/mol. The van der Waals surface area contributed by atoms with E-state index in [4.69, 9.17) is 16.3 Å². The third kappa shape index (κ3) is 4.53. The molecule has 5 rings (SSSR count). The summed E-state index contributed by atoms with van der Waals surface area (Å²) in [5.74, 6) is 0.936. The van der Waals surface area contributed by atoms with Crippen LogP contribution in [-0.2, 0) is 4.74 Å². The first kappa shape index (κ1) is 20.3. The van der Waals surface area contributed by atoms with Crippen LogP contribution in [0.1, 0.15) is 12.8 Å². The van der Waals surface area contributed by atoms with Gasteiger partial charge >= 0.3 is 0 Å². The maximum absolute atomic E-state index is 6.35. The fourth-order valence-corrected chi connectivity index (χ4v) is 5.81. The minimum absolute atomic E-state index is 0.305. The van der Waals surface area contributed by atoms with Gasteiger partial charge in [-0.15, -0.1) is 11.3 Å². The standard InChI is InChI=1S/C21H24ClN5OS2/c22-21-23-18-13-16(26-8-10-28-11-9-26)5-6-17(18)20(24-21)27-7-1-3-15(14-27)25-30-19-4-2-12-29-19/h2,4-6,12-13,15,25H,1,3,7-11,14H2. The summed E-state index contributed by atoms with van der Waals surface area (Å²) in [7, 11) is 0. The topological polar surface area (TPSA) is 53.5 Å². The van der Waals surface area contributed by atoms with Crippen molar-refractivity contribution in [3.8, 4) is 0 Å². The van der Waals surface area contributed by atoms with Gasteiger partial charge in [0.2, 0.25) is 5.28 Å². The maximum Gasteiger partial charge on any atom is 0.224 e. The van der Waals surface area contributed by atoms with Gasteiger partial charge in [-0.3, -0.25) is 4.72 Å². The molecule has 0 amide bonds. The second-order valence-corrected chi connectivity index (χ2v) is 9.98. The summed E-state index contributed by atoms with van der Waals surface area (Å²) in [4.78, 5) is 13.8. The zero-order valence-corrected chi connectivity index (χ0v) is 19.0. The molecule has 2 aliphatic heterocycles. The molecule has 3 aromatic rings. The van der Waals surface area contributed by atoms with E-state index in [9.17, 15) is 0 Å². The normalized spacial score (nSPS) is 20.1. The van der Waals surface area contributed by atoms with Gasteiger partial charge in [0.05, 0.1) is 22.9 Å². The van der Waals surface area contributed by atoms with Gasteiger partial charge < -0.3 is 14.5 Å². The lowest BCUT2D eigenvalue weighted by Gasteiger charge is -2.34. The Labute approximate surface area is 189 Å². The van der Waals surface area contributed by atoms with Gasteiger partial charge in [-0.1, -0.05) is 6.07 Å². The van der Waals surface area contributed by atoms with E-state index in [0.717, 1.165) is 74.6 Å². The average molecular weight is 462 g/mol. The molecule has 9 heteroatoms. The van der Waals surface area contributed by atoms with Crippen LogP contribution in [0.5, 0.6) is 0 Å². The Bertz CT molecular complexity index is 996. The molecule has 1 unspecified atom stereocenters. The van der Waals surface area contributed by atoms with Gasteiger partial charge in [0.15, 0.2) is 0 Å². The number of ether oxygens (including phenoxy) is 1. The smallest absolute Gasteiger partial charge is 0.224 e. The van der Waals surface area contributed by atoms with Gasteiger partial charge in [0.1, 0.15) is 5.82 Å². The fourth-order valence-electron chi connectivity index (χ4n) is 4.06. The number of fused-ring (bicyclic) bond motifs is 1. The summed E-state index contributed by atoms with van der Waals surface area (Å²) in [6.45, 7) is 5.22. The average Bonchev–Trinajstić information content (AvgIpc) is 3.31. The lowest BCUT2D eigenvalue weighted by Crippen LogP contribution is -2.44. The predicted molar refractivity (Wildman–Crippen MR) is 126 cm³/mol. The minimum Gasteiger partial charge on any atom is -0.378 e. The first-order chi connectivity index (χ1) is 14.8. The second-order valence-electron chi connectivity index (χ2n) is 7.55. The van der Waals surface area contributed by atoms with Crippen LogP contribution in [0.25, 0.3) is 10.9 Å². The number of nitrogens with one attached hydrogen (secondary N) is 1. The molecule has 6 nitrogen and oxygen atoms in total. The Kier molecular flexibility index (Phi) is 6.29. The van der Waals surface area contributed by atoms with Crippen LogP contribution in [0.4, 0.5) is 11.5 Å².